The van der Waals surface area contributed by atoms with Crippen LogP contribution in [-0.2, 0) is 4.87 Å². The first kappa shape index (κ1) is 15.7. The second-order valence-electron chi connectivity index (χ2n) is 5.73. The highest BCUT2D eigenvalue weighted by Crippen LogP contribution is 2.49. The summed E-state index contributed by atoms with van der Waals surface area (Å²) in [6, 6.07) is 20.1. The molecule has 0 spiro atoms. The van der Waals surface area contributed by atoms with Gasteiger partial charge in [-0.1, -0.05) is 65.7 Å². The van der Waals surface area contributed by atoms with Crippen molar-refractivity contribution in [3.05, 3.63) is 105 Å². The highest BCUT2D eigenvalue weighted by Gasteiger charge is 2.43. The molecule has 4 rings (SSSR count). The molecule has 0 saturated carbocycles. The van der Waals surface area contributed by atoms with Gasteiger partial charge in [-0.05, 0) is 41.0 Å². The molecule has 24 heavy (non-hydrogen) atoms. The summed E-state index contributed by atoms with van der Waals surface area (Å²) in [5.74, 6) is -0.0617. The smallest absolute Gasteiger partial charge is 0.193 e. The SMILES string of the molecule is O=C1c2ccccc2[C@](Cl)(c2ccc(Cl)cc2)c2ccc(Cl)cc21. The first-order valence-electron chi connectivity index (χ1n) is 7.41. The molecule has 0 heterocycles. The lowest BCUT2D eigenvalue weighted by atomic mass is 9.73. The van der Waals surface area contributed by atoms with Crippen LogP contribution in [0.5, 0.6) is 0 Å². The van der Waals surface area contributed by atoms with Crippen molar-refractivity contribution >= 4 is 40.6 Å². The Kier molecular flexibility index (Phi) is 3.69. The standard InChI is InChI=1S/C20H11Cl3O/c21-13-7-5-12(6-8-13)20(23)17-4-2-1-3-15(17)19(24)16-11-14(22)9-10-18(16)20/h1-11H/t20-/m1/s1. The second-order valence-corrected chi connectivity index (χ2v) is 7.17. The lowest BCUT2D eigenvalue weighted by Crippen LogP contribution is -2.32. The van der Waals surface area contributed by atoms with E-state index in [2.05, 4.69) is 0 Å². The summed E-state index contributed by atoms with van der Waals surface area (Å²) in [4.78, 5) is 11.9. The van der Waals surface area contributed by atoms with Crippen LogP contribution in [0, 0.1) is 0 Å². The van der Waals surface area contributed by atoms with E-state index in [1.165, 1.54) is 0 Å². The van der Waals surface area contributed by atoms with E-state index in [1.807, 2.05) is 36.4 Å². The molecule has 0 saturated heterocycles. The Morgan fingerprint density at radius 1 is 0.708 bits per heavy atom. The van der Waals surface area contributed by atoms with Gasteiger partial charge in [0.2, 0.25) is 0 Å². The van der Waals surface area contributed by atoms with Gasteiger partial charge in [0.15, 0.2) is 5.78 Å². The van der Waals surface area contributed by atoms with Gasteiger partial charge in [-0.2, -0.15) is 0 Å². The van der Waals surface area contributed by atoms with Crippen LogP contribution in [0.25, 0.3) is 0 Å². The van der Waals surface area contributed by atoms with E-state index in [0.29, 0.717) is 21.2 Å². The van der Waals surface area contributed by atoms with Gasteiger partial charge in [0.1, 0.15) is 4.87 Å². The van der Waals surface area contributed by atoms with Crippen LogP contribution in [0.3, 0.4) is 0 Å². The minimum atomic E-state index is -0.963. The Balaban J connectivity index is 2.09. The van der Waals surface area contributed by atoms with Crippen molar-refractivity contribution < 1.29 is 4.79 Å². The summed E-state index contributed by atoms with van der Waals surface area (Å²) in [5, 5.41) is 1.15. The third-order valence-corrected chi connectivity index (χ3v) is 5.49. The van der Waals surface area contributed by atoms with Crippen LogP contribution in [0.15, 0.2) is 66.7 Å². The fraction of sp³-hybridized carbons (Fsp3) is 0.0500. The van der Waals surface area contributed by atoms with Gasteiger partial charge in [0, 0.05) is 21.2 Å². The molecule has 0 unspecified atom stereocenters. The molecule has 0 amide bonds. The zero-order chi connectivity index (χ0) is 16.9. The first-order valence-corrected chi connectivity index (χ1v) is 8.54. The average Bonchev–Trinajstić information content (AvgIpc) is 2.60. The van der Waals surface area contributed by atoms with Crippen LogP contribution in [0.2, 0.25) is 10.0 Å². The lowest BCUT2D eigenvalue weighted by molar-refractivity contribution is 0.103. The fourth-order valence-corrected chi connectivity index (χ4v) is 4.02. The number of hydrogen-bond donors (Lipinski definition) is 0. The monoisotopic (exact) mass is 372 g/mol. The largest absolute Gasteiger partial charge is 0.289 e. The lowest BCUT2D eigenvalue weighted by Gasteiger charge is -2.35. The normalized spacial score (nSPS) is 18.9. The molecule has 0 aromatic heterocycles. The van der Waals surface area contributed by atoms with E-state index in [-0.39, 0.29) is 5.78 Å². The summed E-state index contributed by atoms with van der Waals surface area (Å²) in [6.07, 6.45) is 0. The van der Waals surface area contributed by atoms with E-state index < -0.39 is 4.87 Å². The van der Waals surface area contributed by atoms with Crippen molar-refractivity contribution in [1.29, 1.82) is 0 Å². The molecule has 1 nitrogen and oxygen atoms in total. The molecule has 3 aromatic carbocycles. The van der Waals surface area contributed by atoms with Gasteiger partial charge in [0.05, 0.1) is 0 Å². The van der Waals surface area contributed by atoms with Gasteiger partial charge in [-0.15, -0.1) is 11.6 Å². The van der Waals surface area contributed by atoms with E-state index >= 15 is 0 Å². The number of halogens is 3. The zero-order valence-electron chi connectivity index (χ0n) is 12.4. The molecule has 0 radical (unpaired) electrons. The number of rotatable bonds is 1. The van der Waals surface area contributed by atoms with Gasteiger partial charge in [-0.25, -0.2) is 0 Å². The summed E-state index contributed by atoms with van der Waals surface area (Å²) >= 11 is 19.3. The van der Waals surface area contributed by atoms with Gasteiger partial charge in [0.25, 0.3) is 0 Å². The van der Waals surface area contributed by atoms with Crippen LogP contribution < -0.4 is 0 Å². The number of fused-ring (bicyclic) bond motifs is 2. The van der Waals surface area contributed by atoms with Crippen LogP contribution in [-0.4, -0.2) is 5.78 Å². The van der Waals surface area contributed by atoms with Crippen LogP contribution in [0.4, 0.5) is 0 Å². The molecular formula is C20H11Cl3O. The van der Waals surface area contributed by atoms with Crippen molar-refractivity contribution in [3.63, 3.8) is 0 Å². The van der Waals surface area contributed by atoms with E-state index in [1.54, 1.807) is 30.3 Å². The van der Waals surface area contributed by atoms with Gasteiger partial charge in [-0.3, -0.25) is 4.79 Å². The van der Waals surface area contributed by atoms with E-state index in [0.717, 1.165) is 16.7 Å². The summed E-state index contributed by atoms with van der Waals surface area (Å²) < 4.78 is 0. The molecule has 3 aromatic rings. The Hall–Kier alpha value is -1.80. The number of carbonyl (C=O) groups is 1. The minimum Gasteiger partial charge on any atom is -0.289 e. The van der Waals surface area contributed by atoms with Crippen molar-refractivity contribution in [3.8, 4) is 0 Å². The maximum Gasteiger partial charge on any atom is 0.193 e. The molecule has 1 aliphatic rings. The molecule has 1 atom stereocenters. The molecule has 0 fully saturated rings. The number of carbonyl (C=O) groups excluding carboxylic acids is 1. The third kappa shape index (κ3) is 2.20. The van der Waals surface area contributed by atoms with Crippen molar-refractivity contribution in [2.24, 2.45) is 0 Å². The Bertz CT molecular complexity index is 963. The van der Waals surface area contributed by atoms with Crippen molar-refractivity contribution in [2.45, 2.75) is 4.87 Å². The molecular weight excluding hydrogens is 363 g/mol. The summed E-state index contributed by atoms with van der Waals surface area (Å²) in [7, 11) is 0. The Morgan fingerprint density at radius 2 is 1.33 bits per heavy atom. The second kappa shape index (κ2) is 5.63. The predicted molar refractivity (Wildman–Crippen MR) is 98.5 cm³/mol. The average molecular weight is 374 g/mol. The van der Waals surface area contributed by atoms with E-state index in [4.69, 9.17) is 34.8 Å². The maximum absolute atomic E-state index is 12.9. The topological polar surface area (TPSA) is 17.1 Å². The number of ketones is 1. The van der Waals surface area contributed by atoms with Crippen LogP contribution >= 0.6 is 34.8 Å². The Labute approximate surface area is 154 Å². The molecule has 118 valence electrons. The molecule has 4 heteroatoms. The van der Waals surface area contributed by atoms with Crippen molar-refractivity contribution in [2.75, 3.05) is 0 Å². The first-order chi connectivity index (χ1) is 11.5. The van der Waals surface area contributed by atoms with Crippen molar-refractivity contribution in [1.82, 2.24) is 0 Å². The predicted octanol–water partition coefficient (Wildman–Crippen LogP) is 6.07. The minimum absolute atomic E-state index is 0.0617. The van der Waals surface area contributed by atoms with Gasteiger partial charge < -0.3 is 0 Å². The number of hydrogen-bond acceptors (Lipinski definition) is 1. The molecule has 0 aliphatic heterocycles. The van der Waals surface area contributed by atoms with Crippen LogP contribution in [0.1, 0.15) is 32.6 Å². The summed E-state index contributed by atoms with van der Waals surface area (Å²) in [6.45, 7) is 0. The Morgan fingerprint density at radius 3 is 2.08 bits per heavy atom. The quantitative estimate of drug-likeness (QED) is 0.473. The number of alkyl halides is 1. The zero-order valence-corrected chi connectivity index (χ0v) is 14.7. The third-order valence-electron chi connectivity index (χ3n) is 4.38. The highest BCUT2D eigenvalue weighted by atomic mass is 35.5. The molecule has 1 aliphatic carbocycles. The fourth-order valence-electron chi connectivity index (χ4n) is 3.27. The van der Waals surface area contributed by atoms with Gasteiger partial charge >= 0.3 is 0 Å². The molecule has 0 bridgehead atoms. The number of benzene rings is 3. The maximum atomic E-state index is 12.9. The molecule has 0 N–H and O–H groups in total. The van der Waals surface area contributed by atoms with E-state index in [9.17, 15) is 4.79 Å². The summed E-state index contributed by atoms with van der Waals surface area (Å²) in [5.41, 5.74) is 3.49. The highest BCUT2D eigenvalue weighted by molar-refractivity contribution is 6.34.